The van der Waals surface area contributed by atoms with Gasteiger partial charge in [-0.25, -0.2) is 4.79 Å². The van der Waals surface area contributed by atoms with Crippen LogP contribution >= 0.6 is 0 Å². The number of amides is 1. The van der Waals surface area contributed by atoms with Crippen LogP contribution in [-0.2, 0) is 9.47 Å². The Labute approximate surface area is 120 Å². The molecule has 3 atom stereocenters. The molecule has 1 aromatic carbocycles. The number of carbonyl (C=O) groups excluding carboxylic acids is 1. The molecule has 1 heterocycles. The minimum absolute atomic E-state index is 0.0219. The van der Waals surface area contributed by atoms with Gasteiger partial charge in [-0.05, 0) is 40.2 Å². The van der Waals surface area contributed by atoms with Crippen molar-refractivity contribution >= 4 is 6.09 Å². The molecular weight excluding hydrogens is 254 g/mol. The van der Waals surface area contributed by atoms with Gasteiger partial charge in [-0.3, -0.25) is 0 Å². The van der Waals surface area contributed by atoms with Gasteiger partial charge in [-0.15, -0.1) is 0 Å². The number of rotatable bonds is 3. The van der Waals surface area contributed by atoms with Crippen LogP contribution in [0.4, 0.5) is 4.79 Å². The van der Waals surface area contributed by atoms with E-state index in [1.54, 1.807) is 0 Å². The Kier molecular flexibility index (Phi) is 3.78. The summed E-state index contributed by atoms with van der Waals surface area (Å²) in [6.45, 7) is 9.48. The molecule has 4 nitrogen and oxygen atoms in total. The van der Waals surface area contributed by atoms with Crippen molar-refractivity contribution in [3.63, 3.8) is 0 Å². The standard InChI is InChI=1S/C16H23NO3/c1-11(17-14(18)20-15(2,3)4)16(5)13(19-16)12-9-7-6-8-10-12/h6-11,13H,1-5H3,(H,17,18). The monoisotopic (exact) mass is 277 g/mol. The van der Waals surface area contributed by atoms with E-state index in [-0.39, 0.29) is 17.7 Å². The second kappa shape index (κ2) is 5.09. The van der Waals surface area contributed by atoms with E-state index in [2.05, 4.69) is 5.32 Å². The first-order valence-electron chi connectivity index (χ1n) is 6.94. The van der Waals surface area contributed by atoms with E-state index in [4.69, 9.17) is 9.47 Å². The average Bonchev–Trinajstić information content (AvgIpc) is 3.02. The third kappa shape index (κ3) is 3.31. The summed E-state index contributed by atoms with van der Waals surface area (Å²) in [7, 11) is 0. The van der Waals surface area contributed by atoms with Gasteiger partial charge >= 0.3 is 6.09 Å². The molecule has 3 unspecified atom stereocenters. The zero-order valence-electron chi connectivity index (χ0n) is 12.8. The number of carbonyl (C=O) groups is 1. The quantitative estimate of drug-likeness (QED) is 0.861. The molecule has 1 aliphatic rings. The summed E-state index contributed by atoms with van der Waals surface area (Å²) in [5.74, 6) is 0. The predicted octanol–water partition coefficient (Wildman–Crippen LogP) is 3.43. The molecule has 1 amide bonds. The van der Waals surface area contributed by atoms with Crippen LogP contribution in [0.3, 0.4) is 0 Å². The van der Waals surface area contributed by atoms with E-state index in [1.807, 2.05) is 65.0 Å². The van der Waals surface area contributed by atoms with Gasteiger partial charge in [0.2, 0.25) is 0 Å². The first-order chi connectivity index (χ1) is 9.22. The molecule has 0 saturated carbocycles. The smallest absolute Gasteiger partial charge is 0.407 e. The molecule has 0 spiro atoms. The molecular formula is C16H23NO3. The summed E-state index contributed by atoms with van der Waals surface area (Å²) in [5.41, 5.74) is 0.263. The zero-order chi connectivity index (χ0) is 15.0. The van der Waals surface area contributed by atoms with Gasteiger partial charge in [0.1, 0.15) is 17.3 Å². The summed E-state index contributed by atoms with van der Waals surface area (Å²) < 4.78 is 11.1. The molecule has 1 aromatic rings. The number of hydrogen-bond donors (Lipinski definition) is 1. The third-order valence-electron chi connectivity index (χ3n) is 3.53. The van der Waals surface area contributed by atoms with Gasteiger partial charge in [-0.1, -0.05) is 30.3 Å². The van der Waals surface area contributed by atoms with E-state index in [1.165, 1.54) is 0 Å². The van der Waals surface area contributed by atoms with Crippen molar-refractivity contribution in [2.24, 2.45) is 0 Å². The summed E-state index contributed by atoms with van der Waals surface area (Å²) in [4.78, 5) is 11.8. The van der Waals surface area contributed by atoms with Gasteiger partial charge < -0.3 is 14.8 Å². The van der Waals surface area contributed by atoms with E-state index in [0.29, 0.717) is 0 Å². The van der Waals surface area contributed by atoms with Gasteiger partial charge in [0, 0.05) is 0 Å². The van der Waals surface area contributed by atoms with E-state index in [9.17, 15) is 4.79 Å². The molecule has 1 fully saturated rings. The molecule has 1 saturated heterocycles. The lowest BCUT2D eigenvalue weighted by atomic mass is 9.95. The summed E-state index contributed by atoms with van der Waals surface area (Å²) in [6.07, 6.45) is -0.387. The Hall–Kier alpha value is -1.55. The van der Waals surface area contributed by atoms with Gasteiger partial charge in [0.25, 0.3) is 0 Å². The number of hydrogen-bond acceptors (Lipinski definition) is 3. The average molecular weight is 277 g/mol. The highest BCUT2D eigenvalue weighted by molar-refractivity contribution is 5.68. The van der Waals surface area contributed by atoms with Gasteiger partial charge in [0.15, 0.2) is 0 Å². The fourth-order valence-electron chi connectivity index (χ4n) is 2.20. The normalized spacial score (nSPS) is 26.8. The minimum Gasteiger partial charge on any atom is -0.444 e. The summed E-state index contributed by atoms with van der Waals surface area (Å²) in [6, 6.07) is 9.91. The molecule has 0 radical (unpaired) electrons. The largest absolute Gasteiger partial charge is 0.444 e. The van der Waals surface area contributed by atoms with Crippen molar-refractivity contribution in [1.82, 2.24) is 5.32 Å². The van der Waals surface area contributed by atoms with Crippen LogP contribution in [0.5, 0.6) is 0 Å². The number of alkyl carbamates (subject to hydrolysis) is 1. The Balaban J connectivity index is 1.94. The van der Waals surface area contributed by atoms with Crippen molar-refractivity contribution in [3.05, 3.63) is 35.9 Å². The number of benzene rings is 1. The lowest BCUT2D eigenvalue weighted by Crippen LogP contribution is -2.44. The second-order valence-corrected chi connectivity index (χ2v) is 6.46. The van der Waals surface area contributed by atoms with Crippen LogP contribution in [0, 0.1) is 0 Å². The van der Waals surface area contributed by atoms with Crippen molar-refractivity contribution in [2.75, 3.05) is 0 Å². The Morgan fingerprint density at radius 3 is 2.50 bits per heavy atom. The fourth-order valence-corrected chi connectivity index (χ4v) is 2.20. The molecule has 110 valence electrons. The van der Waals surface area contributed by atoms with Crippen molar-refractivity contribution < 1.29 is 14.3 Å². The lowest BCUT2D eigenvalue weighted by Gasteiger charge is -2.23. The Morgan fingerprint density at radius 2 is 1.95 bits per heavy atom. The first-order valence-corrected chi connectivity index (χ1v) is 6.94. The molecule has 2 rings (SSSR count). The SMILES string of the molecule is CC(NC(=O)OC(C)(C)C)C1(C)OC1c1ccccc1. The van der Waals surface area contributed by atoms with Crippen LogP contribution in [0.25, 0.3) is 0 Å². The van der Waals surface area contributed by atoms with Gasteiger partial charge in [0.05, 0.1) is 6.04 Å². The highest BCUT2D eigenvalue weighted by Crippen LogP contribution is 2.51. The Morgan fingerprint density at radius 1 is 1.35 bits per heavy atom. The van der Waals surface area contributed by atoms with Gasteiger partial charge in [-0.2, -0.15) is 0 Å². The molecule has 0 aliphatic carbocycles. The molecule has 1 N–H and O–H groups in total. The first kappa shape index (κ1) is 14.9. The van der Waals surface area contributed by atoms with Crippen molar-refractivity contribution in [3.8, 4) is 0 Å². The topological polar surface area (TPSA) is 50.9 Å². The minimum atomic E-state index is -0.492. The second-order valence-electron chi connectivity index (χ2n) is 6.46. The predicted molar refractivity (Wildman–Crippen MR) is 77.5 cm³/mol. The van der Waals surface area contributed by atoms with Crippen LogP contribution in [0.1, 0.15) is 46.3 Å². The zero-order valence-corrected chi connectivity index (χ0v) is 12.8. The number of ether oxygens (including phenoxy) is 2. The maximum absolute atomic E-state index is 11.8. The maximum atomic E-state index is 11.8. The van der Waals surface area contributed by atoms with E-state index >= 15 is 0 Å². The highest BCUT2D eigenvalue weighted by Gasteiger charge is 2.57. The molecule has 0 bridgehead atoms. The molecule has 1 aliphatic heterocycles. The van der Waals surface area contributed by atoms with Crippen molar-refractivity contribution in [1.29, 1.82) is 0 Å². The summed E-state index contributed by atoms with van der Waals surface area (Å²) >= 11 is 0. The van der Waals surface area contributed by atoms with E-state index < -0.39 is 11.7 Å². The van der Waals surface area contributed by atoms with Crippen LogP contribution < -0.4 is 5.32 Å². The third-order valence-corrected chi connectivity index (χ3v) is 3.53. The summed E-state index contributed by atoms with van der Waals surface area (Å²) in [5, 5.41) is 2.85. The highest BCUT2D eigenvalue weighted by atomic mass is 16.6. The maximum Gasteiger partial charge on any atom is 0.407 e. The molecule has 0 aromatic heterocycles. The number of nitrogens with one attached hydrogen (secondary N) is 1. The molecule has 20 heavy (non-hydrogen) atoms. The fraction of sp³-hybridized carbons (Fsp3) is 0.562. The Bertz CT molecular complexity index is 480. The van der Waals surface area contributed by atoms with E-state index in [0.717, 1.165) is 5.56 Å². The van der Waals surface area contributed by atoms with Crippen LogP contribution in [0.15, 0.2) is 30.3 Å². The number of epoxide rings is 1. The lowest BCUT2D eigenvalue weighted by molar-refractivity contribution is 0.0484. The molecule has 4 heteroatoms. The van der Waals surface area contributed by atoms with Crippen LogP contribution in [0.2, 0.25) is 0 Å². The van der Waals surface area contributed by atoms with Crippen molar-refractivity contribution in [2.45, 2.75) is 58.0 Å². The van der Waals surface area contributed by atoms with Crippen LogP contribution in [-0.4, -0.2) is 23.3 Å².